The van der Waals surface area contributed by atoms with Crippen LogP contribution in [0, 0.1) is 0 Å². The molecule has 0 aromatic carbocycles. The summed E-state index contributed by atoms with van der Waals surface area (Å²) in [5.74, 6) is -0.108. The van der Waals surface area contributed by atoms with Crippen molar-refractivity contribution in [1.29, 1.82) is 0 Å². The fourth-order valence-corrected chi connectivity index (χ4v) is 3.79. The van der Waals surface area contributed by atoms with Gasteiger partial charge in [0.05, 0.1) is 12.3 Å². The van der Waals surface area contributed by atoms with Crippen LogP contribution in [0.5, 0.6) is 0 Å². The number of nitrogens with one attached hydrogen (secondary N) is 2. The molecule has 0 aliphatic carbocycles. The van der Waals surface area contributed by atoms with Gasteiger partial charge in [0, 0.05) is 45.8 Å². The number of amides is 1. The van der Waals surface area contributed by atoms with Crippen LogP contribution in [0.4, 0.5) is 0 Å². The molecule has 110 valence electrons. The molecule has 2 fully saturated rings. The molecule has 0 unspecified atom stereocenters. The molecule has 2 aliphatic rings. The molecular formula is C11H22N4O3S. The van der Waals surface area contributed by atoms with Crippen molar-refractivity contribution < 1.29 is 13.2 Å². The standard InChI is InChI=1S/C11H22N4O3S/c16-11-10-15(5-1-2-13-11)19(17,18)9-8-14-6-3-12-4-7-14/h12H,1-10H2,(H,13,16). The van der Waals surface area contributed by atoms with Crippen LogP contribution in [-0.4, -0.2) is 81.6 Å². The van der Waals surface area contributed by atoms with Gasteiger partial charge in [0.25, 0.3) is 0 Å². The van der Waals surface area contributed by atoms with Crippen LogP contribution in [0.2, 0.25) is 0 Å². The minimum absolute atomic E-state index is 0.0378. The third kappa shape index (κ3) is 4.41. The van der Waals surface area contributed by atoms with Crippen LogP contribution in [-0.2, 0) is 14.8 Å². The van der Waals surface area contributed by atoms with Crippen LogP contribution >= 0.6 is 0 Å². The highest BCUT2D eigenvalue weighted by atomic mass is 32.2. The number of hydrogen-bond donors (Lipinski definition) is 2. The van der Waals surface area contributed by atoms with E-state index in [0.717, 1.165) is 26.2 Å². The van der Waals surface area contributed by atoms with Crippen LogP contribution in [0.25, 0.3) is 0 Å². The van der Waals surface area contributed by atoms with Gasteiger partial charge < -0.3 is 10.6 Å². The largest absolute Gasteiger partial charge is 0.355 e. The molecule has 0 aromatic rings. The second-order valence-corrected chi connectivity index (χ2v) is 7.03. The number of rotatable bonds is 4. The summed E-state index contributed by atoms with van der Waals surface area (Å²) < 4.78 is 25.8. The molecular weight excluding hydrogens is 268 g/mol. The Morgan fingerprint density at radius 1 is 1.11 bits per heavy atom. The molecule has 2 saturated heterocycles. The number of carbonyl (C=O) groups is 1. The SMILES string of the molecule is O=C1CN(S(=O)(=O)CCN2CCNCC2)CCCN1. The summed E-state index contributed by atoms with van der Waals surface area (Å²) in [5.41, 5.74) is 0. The smallest absolute Gasteiger partial charge is 0.235 e. The van der Waals surface area contributed by atoms with Gasteiger partial charge >= 0.3 is 0 Å². The zero-order chi connectivity index (χ0) is 13.7. The highest BCUT2D eigenvalue weighted by Gasteiger charge is 2.26. The Hall–Kier alpha value is -0.700. The maximum atomic E-state index is 12.2. The van der Waals surface area contributed by atoms with Gasteiger partial charge in [0.2, 0.25) is 15.9 Å². The highest BCUT2D eigenvalue weighted by Crippen LogP contribution is 2.06. The number of hydrogen-bond acceptors (Lipinski definition) is 5. The van der Waals surface area contributed by atoms with Gasteiger partial charge in [-0.1, -0.05) is 0 Å². The number of carbonyl (C=O) groups excluding carboxylic acids is 1. The van der Waals surface area contributed by atoms with E-state index in [9.17, 15) is 13.2 Å². The third-order valence-corrected chi connectivity index (χ3v) is 5.29. The van der Waals surface area contributed by atoms with Crippen molar-refractivity contribution in [2.24, 2.45) is 0 Å². The Morgan fingerprint density at radius 2 is 1.84 bits per heavy atom. The lowest BCUT2D eigenvalue weighted by Crippen LogP contribution is -2.47. The van der Waals surface area contributed by atoms with E-state index in [1.54, 1.807) is 0 Å². The molecule has 19 heavy (non-hydrogen) atoms. The second-order valence-electron chi connectivity index (χ2n) is 4.94. The molecule has 1 amide bonds. The van der Waals surface area contributed by atoms with Crippen LogP contribution in [0.1, 0.15) is 6.42 Å². The predicted octanol–water partition coefficient (Wildman–Crippen LogP) is -1.96. The van der Waals surface area contributed by atoms with E-state index in [4.69, 9.17) is 0 Å². The molecule has 0 saturated carbocycles. The summed E-state index contributed by atoms with van der Waals surface area (Å²) in [6, 6.07) is 0. The molecule has 0 atom stereocenters. The molecule has 7 nitrogen and oxygen atoms in total. The lowest BCUT2D eigenvalue weighted by molar-refractivity contribution is -0.120. The predicted molar refractivity (Wildman–Crippen MR) is 72.3 cm³/mol. The van der Waals surface area contributed by atoms with E-state index >= 15 is 0 Å². The summed E-state index contributed by atoms with van der Waals surface area (Å²) in [5, 5.41) is 5.92. The maximum Gasteiger partial charge on any atom is 0.235 e. The average molecular weight is 290 g/mol. The lowest BCUT2D eigenvalue weighted by Gasteiger charge is -2.28. The Labute approximate surface area is 114 Å². The lowest BCUT2D eigenvalue weighted by atomic mass is 10.4. The first-order valence-corrected chi connectivity index (χ1v) is 8.36. The van der Waals surface area contributed by atoms with E-state index in [0.29, 0.717) is 26.1 Å². The Balaban J connectivity index is 1.87. The fraction of sp³-hybridized carbons (Fsp3) is 0.909. The fourth-order valence-electron chi connectivity index (χ4n) is 2.32. The Kier molecular flexibility index (Phi) is 5.14. The van der Waals surface area contributed by atoms with E-state index in [2.05, 4.69) is 15.5 Å². The van der Waals surface area contributed by atoms with Gasteiger partial charge in [-0.2, -0.15) is 4.31 Å². The second kappa shape index (κ2) is 6.65. The molecule has 2 N–H and O–H groups in total. The van der Waals surface area contributed by atoms with Crippen LogP contribution in [0.3, 0.4) is 0 Å². The maximum absolute atomic E-state index is 12.2. The van der Waals surface area contributed by atoms with E-state index in [1.165, 1.54) is 4.31 Å². The number of sulfonamides is 1. The third-order valence-electron chi connectivity index (χ3n) is 3.49. The van der Waals surface area contributed by atoms with E-state index in [-0.39, 0.29) is 18.2 Å². The summed E-state index contributed by atoms with van der Waals surface area (Å²) in [4.78, 5) is 13.6. The molecule has 0 radical (unpaired) electrons. The monoisotopic (exact) mass is 290 g/mol. The van der Waals surface area contributed by atoms with Gasteiger partial charge in [-0.3, -0.25) is 9.69 Å². The quantitative estimate of drug-likeness (QED) is 0.628. The minimum atomic E-state index is -3.33. The summed E-state index contributed by atoms with van der Waals surface area (Å²) in [7, 11) is -3.33. The molecule has 0 spiro atoms. The number of piperazine rings is 1. The van der Waals surface area contributed by atoms with Gasteiger partial charge in [-0.25, -0.2) is 8.42 Å². The molecule has 0 bridgehead atoms. The molecule has 8 heteroatoms. The topological polar surface area (TPSA) is 81.8 Å². The molecule has 2 heterocycles. The molecule has 2 aliphatic heterocycles. The first-order chi connectivity index (χ1) is 9.08. The van der Waals surface area contributed by atoms with Gasteiger partial charge in [-0.15, -0.1) is 0 Å². The van der Waals surface area contributed by atoms with Crippen molar-refractivity contribution in [3.63, 3.8) is 0 Å². The Morgan fingerprint density at radius 3 is 2.58 bits per heavy atom. The van der Waals surface area contributed by atoms with Gasteiger partial charge in [0.1, 0.15) is 0 Å². The van der Waals surface area contributed by atoms with Crippen molar-refractivity contribution >= 4 is 15.9 Å². The van der Waals surface area contributed by atoms with E-state index < -0.39 is 10.0 Å². The average Bonchev–Trinajstić information content (AvgIpc) is 2.63. The van der Waals surface area contributed by atoms with Crippen molar-refractivity contribution in [2.75, 3.05) is 58.1 Å². The summed E-state index contributed by atoms with van der Waals surface area (Å²) in [6.45, 7) is 5.08. The summed E-state index contributed by atoms with van der Waals surface area (Å²) in [6.07, 6.45) is 0.679. The van der Waals surface area contributed by atoms with Crippen molar-refractivity contribution in [3.05, 3.63) is 0 Å². The van der Waals surface area contributed by atoms with Gasteiger partial charge in [0.15, 0.2) is 0 Å². The minimum Gasteiger partial charge on any atom is -0.355 e. The van der Waals surface area contributed by atoms with Crippen molar-refractivity contribution in [2.45, 2.75) is 6.42 Å². The van der Waals surface area contributed by atoms with E-state index in [1.807, 2.05) is 0 Å². The first kappa shape index (κ1) is 14.7. The molecule has 0 aromatic heterocycles. The van der Waals surface area contributed by atoms with Gasteiger partial charge in [-0.05, 0) is 6.42 Å². The molecule has 2 rings (SSSR count). The van der Waals surface area contributed by atoms with Crippen LogP contribution < -0.4 is 10.6 Å². The van der Waals surface area contributed by atoms with Crippen molar-refractivity contribution in [3.8, 4) is 0 Å². The van der Waals surface area contributed by atoms with Crippen molar-refractivity contribution in [1.82, 2.24) is 19.8 Å². The normalized spacial score (nSPS) is 23.9. The zero-order valence-corrected chi connectivity index (χ0v) is 11.9. The first-order valence-electron chi connectivity index (χ1n) is 6.75. The summed E-state index contributed by atoms with van der Waals surface area (Å²) >= 11 is 0. The van der Waals surface area contributed by atoms with Crippen LogP contribution in [0.15, 0.2) is 0 Å². The zero-order valence-electron chi connectivity index (χ0n) is 11.1. The highest BCUT2D eigenvalue weighted by molar-refractivity contribution is 7.89. The Bertz CT molecular complexity index is 406. The number of nitrogens with zero attached hydrogens (tertiary/aromatic N) is 2.